The van der Waals surface area contributed by atoms with Gasteiger partial charge in [-0.3, -0.25) is 33.6 Å². The van der Waals surface area contributed by atoms with E-state index < -0.39 is 6.04 Å². The third kappa shape index (κ3) is 47.5. The van der Waals surface area contributed by atoms with Crippen LogP contribution in [0.1, 0.15) is 112 Å². The molecule has 0 bridgehead atoms. The van der Waals surface area contributed by atoms with Crippen LogP contribution < -0.4 is 43.8 Å². The molecule has 0 heterocycles. The molecule has 0 aliphatic heterocycles. The summed E-state index contributed by atoms with van der Waals surface area (Å²) in [6, 6.07) is -0.618. The molecule has 20 heteroatoms. The van der Waals surface area contributed by atoms with Crippen molar-refractivity contribution in [2.75, 3.05) is 91.8 Å². The van der Waals surface area contributed by atoms with Gasteiger partial charge in [-0.2, -0.15) is 0 Å². The van der Waals surface area contributed by atoms with Crippen molar-refractivity contribution in [2.24, 2.45) is 29.0 Å². The van der Waals surface area contributed by atoms with Crippen molar-refractivity contribution in [1.82, 2.24) is 26.6 Å². The zero-order chi connectivity index (χ0) is 47.9. The van der Waals surface area contributed by atoms with Gasteiger partial charge in [0.15, 0.2) is 0 Å². The molecule has 0 saturated heterocycles. The maximum atomic E-state index is 12.1. The highest BCUT2D eigenvalue weighted by molar-refractivity contribution is 8.01. The first kappa shape index (κ1) is 63.5. The van der Waals surface area contributed by atoms with Crippen LogP contribution in [0.5, 0.6) is 0 Å². The lowest BCUT2D eigenvalue weighted by Crippen LogP contribution is -2.41. The maximum Gasteiger partial charge on any atom is 0.246 e. The lowest BCUT2D eigenvalue weighted by Gasteiger charge is -2.13. The van der Waals surface area contributed by atoms with E-state index in [1.807, 2.05) is 38.5 Å². The first-order chi connectivity index (χ1) is 30.2. The van der Waals surface area contributed by atoms with Gasteiger partial charge in [0.1, 0.15) is 13.2 Å². The normalized spacial score (nSPS) is 12.0. The van der Waals surface area contributed by atoms with E-state index >= 15 is 0 Å². The minimum atomic E-state index is -0.618. The van der Waals surface area contributed by atoms with Crippen molar-refractivity contribution >= 4 is 53.1 Å². The van der Waals surface area contributed by atoms with Crippen LogP contribution >= 0.6 is 11.8 Å². The monoisotopic (exact) mass is 921 g/mol. The molecule has 3 atom stereocenters. The second-order valence-corrected chi connectivity index (χ2v) is 15.0. The quantitative estimate of drug-likeness (QED) is 0.0409. The highest BCUT2D eigenvalue weighted by atomic mass is 32.2. The Bertz CT molecular complexity index is 1230. The molecule has 0 radical (unpaired) electrons. The summed E-state index contributed by atoms with van der Waals surface area (Å²) in [5.74, 6) is -2.05. The Morgan fingerprint density at radius 1 is 0.524 bits per heavy atom. The number of unbranched alkanes of at least 4 members (excludes halogenated alkanes) is 3. The van der Waals surface area contributed by atoms with E-state index in [2.05, 4.69) is 26.6 Å². The first-order valence-electron chi connectivity index (χ1n) is 22.4. The van der Waals surface area contributed by atoms with Gasteiger partial charge in [0.2, 0.25) is 41.4 Å². The van der Waals surface area contributed by atoms with Gasteiger partial charge in [-0.05, 0) is 70.0 Å². The predicted octanol–water partition coefficient (Wildman–Crippen LogP) is 1.79. The van der Waals surface area contributed by atoms with E-state index in [0.717, 1.165) is 25.7 Å². The molecule has 0 aliphatic rings. The summed E-state index contributed by atoms with van der Waals surface area (Å²) in [4.78, 5) is 81.8. The Hall–Kier alpha value is -3.82. The van der Waals surface area contributed by atoms with E-state index in [1.54, 1.807) is 25.6 Å². The molecule has 0 unspecified atom stereocenters. The van der Waals surface area contributed by atoms with Crippen LogP contribution in [0.3, 0.4) is 0 Å². The van der Waals surface area contributed by atoms with E-state index in [9.17, 15) is 33.6 Å². The average Bonchev–Trinajstić information content (AvgIpc) is 3.25. The summed E-state index contributed by atoms with van der Waals surface area (Å²) < 4.78 is 21.3. The Balaban J connectivity index is -0.00000477. The number of carbonyl (C=O) groups is 7. The fraction of sp³-hybridized carbons (Fsp3) is 0.791. The number of primary amides is 2. The number of ether oxygens (including phenoxy) is 4. The minimum absolute atomic E-state index is 0.0772. The van der Waals surface area contributed by atoms with Crippen LogP contribution in [0.2, 0.25) is 0 Å². The van der Waals surface area contributed by atoms with Crippen molar-refractivity contribution in [1.29, 1.82) is 0 Å². The standard InChI is InChI=1S/C37H70N8O11.C4H8S.C2H6/c1-28(35(39)50)10-3-6-16-42-33(48)26-55-24-23-54-21-19-44-34(49)27-56-25-22-53-20-18-43-32(47)14-9-13-31(46)41-15-8-5-12-30(38)37(52)45-17-7-4-11-29(2)36(40)51;1-3-4-5-2;1-2/h28-30H,3-27,38H2,1-2H3,(H2,39,50)(H2,40,51)(H,41,46)(H,42,48)(H,43,47)(H,44,49)(H,45,52);3-4H,1-2H3;1-2H3/t28-,29-,30-;;/m0../s1. The minimum Gasteiger partial charge on any atom is -0.377 e. The number of nitrogens with two attached hydrogens (primary N) is 3. The highest BCUT2D eigenvalue weighted by Crippen LogP contribution is 2.07. The first-order valence-corrected chi connectivity index (χ1v) is 23.7. The summed E-state index contributed by atoms with van der Waals surface area (Å²) in [5, 5.41) is 15.8. The fourth-order valence-electron chi connectivity index (χ4n) is 4.97. The number of hydrogen-bond acceptors (Lipinski definition) is 13. The molecule has 0 aromatic heterocycles. The molecule has 11 N–H and O–H groups in total. The largest absolute Gasteiger partial charge is 0.377 e. The van der Waals surface area contributed by atoms with Gasteiger partial charge in [-0.1, -0.05) is 46.6 Å². The summed E-state index contributed by atoms with van der Waals surface area (Å²) in [6.45, 7) is 12.9. The van der Waals surface area contributed by atoms with Crippen LogP contribution in [0.15, 0.2) is 11.5 Å². The van der Waals surface area contributed by atoms with Crippen LogP contribution in [0.4, 0.5) is 0 Å². The highest BCUT2D eigenvalue weighted by Gasteiger charge is 2.13. The molecule has 0 saturated carbocycles. The molecule has 0 fully saturated rings. The Morgan fingerprint density at radius 2 is 0.905 bits per heavy atom. The second-order valence-electron chi connectivity index (χ2n) is 14.3. The topological polar surface area (TPSA) is 295 Å². The van der Waals surface area contributed by atoms with Crippen molar-refractivity contribution in [2.45, 2.75) is 118 Å². The van der Waals surface area contributed by atoms with Gasteiger partial charge >= 0.3 is 0 Å². The van der Waals surface area contributed by atoms with Crippen LogP contribution in [0.25, 0.3) is 0 Å². The number of carbonyl (C=O) groups excluding carboxylic acids is 7. The van der Waals surface area contributed by atoms with Crippen LogP contribution in [0, 0.1) is 11.8 Å². The maximum absolute atomic E-state index is 12.1. The van der Waals surface area contributed by atoms with Crippen LogP contribution in [-0.2, 0) is 52.5 Å². The second kappa shape index (κ2) is 47.7. The summed E-state index contributed by atoms with van der Waals surface area (Å²) in [5.41, 5.74) is 16.4. The molecular formula is C43H84N8O11S. The lowest BCUT2D eigenvalue weighted by atomic mass is 10.0. The van der Waals surface area contributed by atoms with Gasteiger partial charge in [0.05, 0.1) is 45.7 Å². The molecule has 368 valence electrons. The van der Waals surface area contributed by atoms with E-state index in [0.29, 0.717) is 71.2 Å². The van der Waals surface area contributed by atoms with Gasteiger partial charge in [0.25, 0.3) is 0 Å². The summed E-state index contributed by atoms with van der Waals surface area (Å²) in [7, 11) is 0. The lowest BCUT2D eigenvalue weighted by molar-refractivity contribution is -0.127. The van der Waals surface area contributed by atoms with E-state index in [-0.39, 0.29) is 119 Å². The number of allylic oxidation sites excluding steroid dienone is 1. The van der Waals surface area contributed by atoms with Crippen molar-refractivity contribution in [3.63, 3.8) is 0 Å². The molecular weight excluding hydrogens is 837 g/mol. The van der Waals surface area contributed by atoms with Crippen molar-refractivity contribution in [3.05, 3.63) is 11.5 Å². The fourth-order valence-corrected chi connectivity index (χ4v) is 5.25. The van der Waals surface area contributed by atoms with E-state index in [1.165, 1.54) is 0 Å². The Kier molecular flexibility index (Phi) is 48.0. The van der Waals surface area contributed by atoms with Crippen molar-refractivity contribution < 1.29 is 52.5 Å². The van der Waals surface area contributed by atoms with E-state index in [4.69, 9.17) is 36.1 Å². The molecule has 7 amide bonds. The van der Waals surface area contributed by atoms with Gasteiger partial charge in [-0.25, -0.2) is 0 Å². The van der Waals surface area contributed by atoms with Gasteiger partial charge in [-0.15, -0.1) is 11.8 Å². The van der Waals surface area contributed by atoms with Crippen molar-refractivity contribution in [3.8, 4) is 0 Å². The molecule has 0 spiro atoms. The number of thioether (sulfide) groups is 1. The number of amides is 7. The molecule has 0 aromatic carbocycles. The number of nitrogens with one attached hydrogen (secondary N) is 5. The molecule has 63 heavy (non-hydrogen) atoms. The SMILES string of the molecule is CC.CC=CSC.C[C@@H](CCCCNC(=O)COCCOCCNC(=O)COCCOCCNC(=O)CCCC(=O)NCCCC[C@H](N)C(=O)NCCCC[C@H](C)C(N)=O)C(N)=O. The number of rotatable bonds is 39. The summed E-state index contributed by atoms with van der Waals surface area (Å²) >= 11 is 1.72. The molecule has 0 rings (SSSR count). The third-order valence-electron chi connectivity index (χ3n) is 8.75. The summed E-state index contributed by atoms with van der Waals surface area (Å²) in [6.07, 6.45) is 11.2. The zero-order valence-corrected chi connectivity index (χ0v) is 40.0. The molecule has 0 aromatic rings. The van der Waals surface area contributed by atoms with Crippen LogP contribution in [-0.4, -0.2) is 139 Å². The Morgan fingerprint density at radius 3 is 1.32 bits per heavy atom. The number of hydrogen-bond donors (Lipinski definition) is 8. The average molecular weight is 921 g/mol. The third-order valence-corrected chi connectivity index (χ3v) is 9.29. The molecule has 19 nitrogen and oxygen atoms in total. The zero-order valence-electron chi connectivity index (χ0n) is 39.2. The molecule has 0 aliphatic carbocycles. The Labute approximate surface area is 381 Å². The van der Waals surface area contributed by atoms with Gasteiger partial charge < -0.3 is 62.7 Å². The van der Waals surface area contributed by atoms with Gasteiger partial charge in [0, 0.05) is 57.4 Å². The predicted molar refractivity (Wildman–Crippen MR) is 248 cm³/mol. The smallest absolute Gasteiger partial charge is 0.246 e.